The first-order chi connectivity index (χ1) is 8.49. The highest BCUT2D eigenvalue weighted by molar-refractivity contribution is 7.99. The fourth-order valence-electron chi connectivity index (χ4n) is 1.38. The lowest BCUT2D eigenvalue weighted by atomic mass is 10.2. The van der Waals surface area contributed by atoms with Crippen LogP contribution in [0.4, 0.5) is 4.39 Å². The van der Waals surface area contributed by atoms with Gasteiger partial charge in [-0.05, 0) is 37.7 Å². The first kappa shape index (κ1) is 12.6. The zero-order valence-corrected chi connectivity index (χ0v) is 10.5. The van der Waals surface area contributed by atoms with Gasteiger partial charge in [-0.2, -0.15) is 0 Å². The standard InChI is InChI=1S/C12H10FNO3S/c1-6-7(2)17-12(14-6)18-9-5-3-4-8(13)10(9)11(15)16/h3-5H,1-2H3,(H,15,16). The Morgan fingerprint density at radius 3 is 2.72 bits per heavy atom. The molecule has 18 heavy (non-hydrogen) atoms. The Morgan fingerprint density at radius 1 is 1.44 bits per heavy atom. The lowest BCUT2D eigenvalue weighted by molar-refractivity contribution is 0.0688. The summed E-state index contributed by atoms with van der Waals surface area (Å²) in [4.78, 5) is 15.4. The Bertz CT molecular complexity index is 590. The molecule has 1 aromatic heterocycles. The van der Waals surface area contributed by atoms with Gasteiger partial charge in [0.2, 0.25) is 0 Å². The number of hydrogen-bond acceptors (Lipinski definition) is 4. The van der Waals surface area contributed by atoms with Crippen LogP contribution in [0.3, 0.4) is 0 Å². The molecule has 0 radical (unpaired) electrons. The summed E-state index contributed by atoms with van der Waals surface area (Å²) in [5.74, 6) is -1.42. The molecule has 4 nitrogen and oxygen atoms in total. The first-order valence-electron chi connectivity index (χ1n) is 5.12. The van der Waals surface area contributed by atoms with Crippen molar-refractivity contribution in [3.05, 3.63) is 41.0 Å². The second kappa shape index (κ2) is 4.81. The highest BCUT2D eigenvalue weighted by atomic mass is 32.2. The van der Waals surface area contributed by atoms with E-state index in [2.05, 4.69) is 4.98 Å². The second-order valence-electron chi connectivity index (χ2n) is 3.64. The molecule has 2 rings (SSSR count). The number of nitrogens with zero attached hydrogens (tertiary/aromatic N) is 1. The van der Waals surface area contributed by atoms with Crippen LogP contribution in [-0.2, 0) is 0 Å². The molecule has 0 saturated heterocycles. The molecule has 0 atom stereocenters. The van der Waals surface area contributed by atoms with Crippen molar-refractivity contribution in [1.29, 1.82) is 0 Å². The predicted octanol–water partition coefficient (Wildman–Crippen LogP) is 3.28. The zero-order chi connectivity index (χ0) is 13.3. The minimum Gasteiger partial charge on any atom is -0.478 e. The molecule has 0 amide bonds. The predicted molar refractivity (Wildman–Crippen MR) is 63.5 cm³/mol. The number of carbonyl (C=O) groups is 1. The number of carboxylic acids is 1. The number of aromatic nitrogens is 1. The molecule has 0 aliphatic carbocycles. The van der Waals surface area contributed by atoms with E-state index < -0.39 is 11.8 Å². The number of halogens is 1. The van der Waals surface area contributed by atoms with Crippen LogP contribution in [0.25, 0.3) is 0 Å². The third kappa shape index (κ3) is 2.38. The molecule has 0 saturated carbocycles. The van der Waals surface area contributed by atoms with Gasteiger partial charge in [0.05, 0.1) is 5.69 Å². The molecule has 1 aromatic carbocycles. The maximum Gasteiger partial charge on any atom is 0.339 e. The van der Waals surface area contributed by atoms with E-state index in [1.165, 1.54) is 12.1 Å². The third-order valence-electron chi connectivity index (χ3n) is 2.40. The largest absolute Gasteiger partial charge is 0.478 e. The van der Waals surface area contributed by atoms with Gasteiger partial charge < -0.3 is 9.52 Å². The Hall–Kier alpha value is -1.82. The minimum atomic E-state index is -1.31. The number of oxazole rings is 1. The average Bonchev–Trinajstić information content (AvgIpc) is 2.57. The lowest BCUT2D eigenvalue weighted by Gasteiger charge is -2.03. The maximum absolute atomic E-state index is 13.4. The van der Waals surface area contributed by atoms with Crippen molar-refractivity contribution in [2.75, 3.05) is 0 Å². The van der Waals surface area contributed by atoms with Gasteiger partial charge in [0, 0.05) is 4.90 Å². The molecule has 1 N–H and O–H groups in total. The zero-order valence-electron chi connectivity index (χ0n) is 9.73. The van der Waals surface area contributed by atoms with Crippen molar-refractivity contribution in [1.82, 2.24) is 4.98 Å². The number of aromatic carboxylic acids is 1. The van der Waals surface area contributed by atoms with Crippen LogP contribution in [0.15, 0.2) is 32.7 Å². The molecule has 0 fully saturated rings. The summed E-state index contributed by atoms with van der Waals surface area (Å²) < 4.78 is 18.8. The Kier molecular flexibility index (Phi) is 3.38. The molecule has 0 aliphatic heterocycles. The van der Waals surface area contributed by atoms with Gasteiger partial charge in [0.15, 0.2) is 0 Å². The quantitative estimate of drug-likeness (QED) is 0.924. The van der Waals surface area contributed by atoms with Crippen molar-refractivity contribution in [2.24, 2.45) is 0 Å². The van der Waals surface area contributed by atoms with Crippen molar-refractivity contribution in [3.8, 4) is 0 Å². The van der Waals surface area contributed by atoms with Gasteiger partial charge >= 0.3 is 5.97 Å². The molecular formula is C12H10FNO3S. The van der Waals surface area contributed by atoms with E-state index in [4.69, 9.17) is 9.52 Å². The third-order valence-corrected chi connectivity index (χ3v) is 3.30. The van der Waals surface area contributed by atoms with Crippen LogP contribution < -0.4 is 0 Å². The van der Waals surface area contributed by atoms with Crippen molar-refractivity contribution in [2.45, 2.75) is 24.0 Å². The minimum absolute atomic E-state index is 0.267. The van der Waals surface area contributed by atoms with Gasteiger partial charge in [-0.15, -0.1) is 0 Å². The Morgan fingerprint density at radius 2 is 2.17 bits per heavy atom. The van der Waals surface area contributed by atoms with Crippen molar-refractivity contribution in [3.63, 3.8) is 0 Å². The average molecular weight is 267 g/mol. The Labute approximate surface area is 107 Å². The molecular weight excluding hydrogens is 257 g/mol. The number of carboxylic acid groups (broad SMARTS) is 1. The van der Waals surface area contributed by atoms with E-state index in [1.807, 2.05) is 0 Å². The number of benzene rings is 1. The van der Waals surface area contributed by atoms with Crippen LogP contribution in [0.1, 0.15) is 21.8 Å². The summed E-state index contributed by atoms with van der Waals surface area (Å²) in [5.41, 5.74) is 0.363. The molecule has 1 heterocycles. The molecule has 0 spiro atoms. The van der Waals surface area contributed by atoms with Crippen LogP contribution >= 0.6 is 11.8 Å². The lowest BCUT2D eigenvalue weighted by Crippen LogP contribution is -2.02. The van der Waals surface area contributed by atoms with E-state index in [0.717, 1.165) is 23.5 Å². The topological polar surface area (TPSA) is 63.3 Å². The SMILES string of the molecule is Cc1nc(Sc2cccc(F)c2C(=O)O)oc1C. The molecule has 0 bridgehead atoms. The maximum atomic E-state index is 13.4. The molecule has 6 heteroatoms. The van der Waals surface area contributed by atoms with Gasteiger partial charge in [-0.1, -0.05) is 6.07 Å². The van der Waals surface area contributed by atoms with E-state index >= 15 is 0 Å². The Balaban J connectivity index is 2.40. The van der Waals surface area contributed by atoms with E-state index in [-0.39, 0.29) is 10.5 Å². The van der Waals surface area contributed by atoms with Crippen LogP contribution in [0.5, 0.6) is 0 Å². The summed E-state index contributed by atoms with van der Waals surface area (Å²) in [7, 11) is 0. The summed E-state index contributed by atoms with van der Waals surface area (Å²) in [5, 5.41) is 9.28. The number of hydrogen-bond donors (Lipinski definition) is 1. The van der Waals surface area contributed by atoms with Crippen LogP contribution in [0, 0.1) is 19.7 Å². The van der Waals surface area contributed by atoms with E-state index in [9.17, 15) is 9.18 Å². The smallest absolute Gasteiger partial charge is 0.339 e. The van der Waals surface area contributed by atoms with E-state index in [1.54, 1.807) is 13.8 Å². The highest BCUT2D eigenvalue weighted by Gasteiger charge is 2.18. The summed E-state index contributed by atoms with van der Waals surface area (Å²) >= 11 is 0.993. The number of rotatable bonds is 3. The fourth-order valence-corrected chi connectivity index (χ4v) is 2.35. The van der Waals surface area contributed by atoms with Crippen LogP contribution in [0.2, 0.25) is 0 Å². The van der Waals surface area contributed by atoms with Crippen LogP contribution in [-0.4, -0.2) is 16.1 Å². The summed E-state index contributed by atoms with van der Waals surface area (Å²) in [6.07, 6.45) is 0. The van der Waals surface area contributed by atoms with Gasteiger partial charge in [-0.3, -0.25) is 0 Å². The fraction of sp³-hybridized carbons (Fsp3) is 0.167. The molecule has 2 aromatic rings. The van der Waals surface area contributed by atoms with Gasteiger partial charge in [0.25, 0.3) is 5.22 Å². The normalized spacial score (nSPS) is 10.6. The first-order valence-corrected chi connectivity index (χ1v) is 5.94. The van der Waals surface area contributed by atoms with E-state index in [0.29, 0.717) is 11.0 Å². The van der Waals surface area contributed by atoms with Gasteiger partial charge in [-0.25, -0.2) is 14.2 Å². The second-order valence-corrected chi connectivity index (χ2v) is 4.63. The number of aryl methyl sites for hydroxylation is 2. The summed E-state index contributed by atoms with van der Waals surface area (Å²) in [6.45, 7) is 3.54. The molecule has 0 aliphatic rings. The summed E-state index contributed by atoms with van der Waals surface area (Å²) in [6, 6.07) is 4.08. The van der Waals surface area contributed by atoms with Gasteiger partial charge in [0.1, 0.15) is 17.1 Å². The monoisotopic (exact) mass is 267 g/mol. The van der Waals surface area contributed by atoms with Crippen molar-refractivity contribution < 1.29 is 18.7 Å². The van der Waals surface area contributed by atoms with Crippen molar-refractivity contribution >= 4 is 17.7 Å². The highest BCUT2D eigenvalue weighted by Crippen LogP contribution is 2.32. The molecule has 0 unspecified atom stereocenters. The molecule has 94 valence electrons.